The van der Waals surface area contributed by atoms with Gasteiger partial charge in [0.1, 0.15) is 6.04 Å². The third-order valence-corrected chi connectivity index (χ3v) is 7.64. The van der Waals surface area contributed by atoms with Gasteiger partial charge in [-0.25, -0.2) is 8.42 Å². The van der Waals surface area contributed by atoms with Crippen LogP contribution in [0.2, 0.25) is 0 Å². The lowest BCUT2D eigenvalue weighted by molar-refractivity contribution is -0.150. The number of hydrogen-bond acceptors (Lipinski definition) is 2. The lowest BCUT2D eigenvalue weighted by Crippen LogP contribution is -2.47. The molecule has 0 radical (unpaired) electrons. The Morgan fingerprint density at radius 2 is 1.59 bits per heavy atom. The SMILES string of the molecule is Cc1cc(C)c(S(=O)(=O)NC(Cc2c[nH]c3cccc(-c4ccccc4)c23)C(F)(F)F)c(C)c1. The predicted molar refractivity (Wildman–Crippen MR) is 128 cm³/mol. The summed E-state index contributed by atoms with van der Waals surface area (Å²) in [6, 6.07) is 15.8. The lowest BCUT2D eigenvalue weighted by atomic mass is 9.96. The minimum Gasteiger partial charge on any atom is -0.361 e. The van der Waals surface area contributed by atoms with E-state index in [1.54, 1.807) is 32.0 Å². The summed E-state index contributed by atoms with van der Waals surface area (Å²) in [7, 11) is -4.42. The van der Waals surface area contributed by atoms with Crippen LogP contribution in [0.25, 0.3) is 22.0 Å². The summed E-state index contributed by atoms with van der Waals surface area (Å²) in [6.07, 6.45) is -3.81. The second kappa shape index (κ2) is 8.92. The van der Waals surface area contributed by atoms with E-state index in [-0.39, 0.29) is 4.90 Å². The van der Waals surface area contributed by atoms with E-state index in [4.69, 9.17) is 0 Å². The lowest BCUT2D eigenvalue weighted by Gasteiger charge is -2.23. The molecular weight excluding hydrogens is 461 g/mol. The van der Waals surface area contributed by atoms with Crippen LogP contribution in [-0.2, 0) is 16.4 Å². The minimum atomic E-state index is -4.79. The molecule has 0 bridgehead atoms. The van der Waals surface area contributed by atoms with Crippen molar-refractivity contribution >= 4 is 20.9 Å². The van der Waals surface area contributed by atoms with Gasteiger partial charge >= 0.3 is 6.18 Å². The monoisotopic (exact) mass is 486 g/mol. The molecule has 2 N–H and O–H groups in total. The van der Waals surface area contributed by atoms with E-state index >= 15 is 0 Å². The van der Waals surface area contributed by atoms with E-state index < -0.39 is 28.7 Å². The first-order valence-corrected chi connectivity index (χ1v) is 12.3. The number of nitrogens with one attached hydrogen (secondary N) is 2. The van der Waals surface area contributed by atoms with Gasteiger partial charge in [-0.05, 0) is 61.1 Å². The molecular formula is C26H25F3N2O2S. The first-order valence-electron chi connectivity index (χ1n) is 10.8. The summed E-state index contributed by atoms with van der Waals surface area (Å²) in [5, 5.41) is 0.643. The largest absolute Gasteiger partial charge is 0.405 e. The van der Waals surface area contributed by atoms with E-state index in [1.807, 2.05) is 54.1 Å². The van der Waals surface area contributed by atoms with E-state index in [2.05, 4.69) is 4.98 Å². The fourth-order valence-corrected chi connectivity index (χ4v) is 6.23. The highest BCUT2D eigenvalue weighted by atomic mass is 32.2. The summed E-state index contributed by atoms with van der Waals surface area (Å²) in [5.74, 6) is 0. The molecule has 0 aliphatic heterocycles. The number of benzene rings is 3. The zero-order valence-corrected chi connectivity index (χ0v) is 19.8. The van der Waals surface area contributed by atoms with Crippen LogP contribution < -0.4 is 4.72 Å². The molecule has 0 saturated carbocycles. The van der Waals surface area contributed by atoms with Crippen molar-refractivity contribution in [1.29, 1.82) is 0 Å². The normalized spacial score (nSPS) is 13.4. The van der Waals surface area contributed by atoms with Crippen LogP contribution in [0.1, 0.15) is 22.3 Å². The van der Waals surface area contributed by atoms with Gasteiger partial charge in [-0.15, -0.1) is 0 Å². The van der Waals surface area contributed by atoms with Gasteiger partial charge < -0.3 is 4.98 Å². The first kappa shape index (κ1) is 24.0. The molecule has 0 fully saturated rings. The second-order valence-electron chi connectivity index (χ2n) is 8.56. The molecule has 0 amide bonds. The number of aromatic amines is 1. The van der Waals surface area contributed by atoms with Gasteiger partial charge in [0.2, 0.25) is 10.0 Å². The number of hydrogen-bond donors (Lipinski definition) is 2. The van der Waals surface area contributed by atoms with Gasteiger partial charge in [-0.2, -0.15) is 17.9 Å². The summed E-state index contributed by atoms with van der Waals surface area (Å²) in [5.41, 5.74) is 4.37. The zero-order chi connectivity index (χ0) is 24.7. The maximum Gasteiger partial charge on any atom is 0.405 e. The molecule has 1 aromatic heterocycles. The Hall–Kier alpha value is -3.10. The van der Waals surface area contributed by atoms with Crippen molar-refractivity contribution in [3.8, 4) is 11.1 Å². The van der Waals surface area contributed by atoms with Crippen molar-refractivity contribution in [2.45, 2.75) is 44.3 Å². The maximum atomic E-state index is 14.1. The van der Waals surface area contributed by atoms with Crippen LogP contribution in [0.3, 0.4) is 0 Å². The molecule has 0 saturated heterocycles. The van der Waals surface area contributed by atoms with Crippen LogP contribution >= 0.6 is 0 Å². The van der Waals surface area contributed by atoms with Crippen molar-refractivity contribution in [2.24, 2.45) is 0 Å². The number of aromatic nitrogens is 1. The number of H-pyrrole nitrogens is 1. The Morgan fingerprint density at radius 3 is 2.21 bits per heavy atom. The Balaban J connectivity index is 1.76. The van der Waals surface area contributed by atoms with Crippen molar-refractivity contribution in [3.05, 3.63) is 89.1 Å². The van der Waals surface area contributed by atoms with Gasteiger partial charge in [0.05, 0.1) is 4.90 Å². The number of alkyl halides is 3. The summed E-state index contributed by atoms with van der Waals surface area (Å²) in [6.45, 7) is 4.98. The van der Waals surface area contributed by atoms with E-state index in [9.17, 15) is 21.6 Å². The van der Waals surface area contributed by atoms with Gasteiger partial charge in [-0.3, -0.25) is 0 Å². The van der Waals surface area contributed by atoms with Crippen molar-refractivity contribution in [3.63, 3.8) is 0 Å². The molecule has 4 nitrogen and oxygen atoms in total. The van der Waals surface area contributed by atoms with Crippen LogP contribution in [0.4, 0.5) is 13.2 Å². The number of sulfonamides is 1. The van der Waals surface area contributed by atoms with Crippen molar-refractivity contribution in [1.82, 2.24) is 9.71 Å². The second-order valence-corrected chi connectivity index (χ2v) is 10.2. The maximum absolute atomic E-state index is 14.1. The fraction of sp³-hybridized carbons (Fsp3) is 0.231. The first-order chi connectivity index (χ1) is 16.0. The highest BCUT2D eigenvalue weighted by Gasteiger charge is 2.43. The van der Waals surface area contributed by atoms with Gasteiger partial charge in [0.25, 0.3) is 0 Å². The molecule has 0 aliphatic rings. The molecule has 4 aromatic rings. The van der Waals surface area contributed by atoms with Crippen LogP contribution in [-0.4, -0.2) is 25.6 Å². The molecule has 3 aromatic carbocycles. The summed E-state index contributed by atoms with van der Waals surface area (Å²) >= 11 is 0. The minimum absolute atomic E-state index is 0.115. The Morgan fingerprint density at radius 1 is 0.941 bits per heavy atom. The van der Waals surface area contributed by atoms with Crippen LogP contribution in [0, 0.1) is 20.8 Å². The quantitative estimate of drug-likeness (QED) is 0.340. The Bertz CT molecular complexity index is 1420. The van der Waals surface area contributed by atoms with Gasteiger partial charge in [0.15, 0.2) is 0 Å². The number of rotatable bonds is 6. The highest BCUT2D eigenvalue weighted by molar-refractivity contribution is 7.89. The molecule has 178 valence electrons. The predicted octanol–water partition coefficient (Wildman–Crippen LogP) is 6.21. The molecule has 1 heterocycles. The average Bonchev–Trinajstić information content (AvgIpc) is 3.15. The van der Waals surface area contributed by atoms with E-state index in [0.717, 1.165) is 16.7 Å². The van der Waals surface area contributed by atoms with Gasteiger partial charge in [0, 0.05) is 17.1 Å². The third-order valence-electron chi connectivity index (χ3n) is 5.86. The average molecular weight is 487 g/mol. The van der Waals surface area contributed by atoms with Crippen molar-refractivity contribution in [2.75, 3.05) is 0 Å². The number of aryl methyl sites for hydroxylation is 3. The molecule has 1 unspecified atom stereocenters. The van der Waals surface area contributed by atoms with E-state index in [0.29, 0.717) is 27.6 Å². The van der Waals surface area contributed by atoms with Crippen LogP contribution in [0.15, 0.2) is 71.8 Å². The van der Waals surface area contributed by atoms with Gasteiger partial charge in [-0.1, -0.05) is 60.2 Å². The molecule has 1 atom stereocenters. The highest BCUT2D eigenvalue weighted by Crippen LogP contribution is 2.34. The Labute approximate surface area is 196 Å². The molecule has 34 heavy (non-hydrogen) atoms. The Kier molecular flexibility index (Phi) is 6.31. The summed E-state index contributed by atoms with van der Waals surface area (Å²) < 4.78 is 70.5. The summed E-state index contributed by atoms with van der Waals surface area (Å²) in [4.78, 5) is 2.91. The molecule has 4 rings (SSSR count). The fourth-order valence-electron chi connectivity index (χ4n) is 4.56. The molecule has 0 aliphatic carbocycles. The smallest absolute Gasteiger partial charge is 0.361 e. The number of fused-ring (bicyclic) bond motifs is 1. The topological polar surface area (TPSA) is 62.0 Å². The van der Waals surface area contributed by atoms with Crippen molar-refractivity contribution < 1.29 is 21.6 Å². The molecule has 8 heteroatoms. The zero-order valence-electron chi connectivity index (χ0n) is 19.0. The van der Waals surface area contributed by atoms with E-state index in [1.165, 1.54) is 6.20 Å². The van der Waals surface area contributed by atoms with Crippen LogP contribution in [0.5, 0.6) is 0 Å². The third kappa shape index (κ3) is 4.74. The molecule has 0 spiro atoms. The number of halogens is 3. The standard InChI is InChI=1S/C26H25F3N2O2S/c1-16-12-17(2)25(18(3)13-16)34(32,33)31-23(26(27,28)29)14-20-15-30-22-11-7-10-21(24(20)22)19-8-5-4-6-9-19/h4-13,15,23,30-31H,14H2,1-3H3.